The molecule has 3 saturated carbocycles. The Bertz CT molecular complexity index is 1160. The SMILES string of the molecule is CC(=O)[C@@]1(O)CC[C@H]2[C@@H]3CCC4=CC(=NOCC(=O)NC(CC(=O)O)C5CCOC(C)(C)C5)CC[C@]4(C)[C@H]3CC[C@@]21C. The topological polar surface area (TPSA) is 135 Å². The van der Waals surface area contributed by atoms with E-state index in [-0.39, 0.29) is 47.1 Å². The molecule has 0 aromatic heterocycles. The zero-order valence-corrected chi connectivity index (χ0v) is 26.0. The number of hydrogen-bond donors (Lipinski definition) is 3. The molecule has 1 amide bonds. The van der Waals surface area contributed by atoms with E-state index < -0.39 is 17.6 Å². The highest BCUT2D eigenvalue weighted by molar-refractivity contribution is 5.96. The Kier molecular flexibility index (Phi) is 8.42. The number of carboxylic acids is 1. The number of oxime groups is 1. The van der Waals surface area contributed by atoms with E-state index >= 15 is 0 Å². The first kappa shape index (κ1) is 31.2. The molecular weight excluding hydrogens is 536 g/mol. The first-order chi connectivity index (χ1) is 19.7. The smallest absolute Gasteiger partial charge is 0.305 e. The highest BCUT2D eigenvalue weighted by atomic mass is 16.6. The van der Waals surface area contributed by atoms with Gasteiger partial charge in [0.2, 0.25) is 0 Å². The summed E-state index contributed by atoms with van der Waals surface area (Å²) in [6, 6.07) is -0.481. The normalized spacial score (nSPS) is 40.6. The van der Waals surface area contributed by atoms with Crippen molar-refractivity contribution < 1.29 is 34.2 Å². The number of ether oxygens (including phenoxy) is 1. The number of ketones is 1. The van der Waals surface area contributed by atoms with E-state index in [2.05, 4.69) is 30.4 Å². The van der Waals surface area contributed by atoms with E-state index in [1.807, 2.05) is 13.8 Å². The Morgan fingerprint density at radius 3 is 2.50 bits per heavy atom. The number of allylic oxidation sites excluding steroid dienone is 2. The molecule has 0 aromatic rings. The van der Waals surface area contributed by atoms with E-state index in [1.54, 1.807) is 6.92 Å². The Balaban J connectivity index is 1.20. The summed E-state index contributed by atoms with van der Waals surface area (Å²) in [4.78, 5) is 42.2. The van der Waals surface area contributed by atoms with E-state index in [1.165, 1.54) is 5.57 Å². The zero-order chi connectivity index (χ0) is 30.5. The van der Waals surface area contributed by atoms with Gasteiger partial charge in [0.15, 0.2) is 12.4 Å². The third-order valence-electron chi connectivity index (χ3n) is 12.1. The third-order valence-corrected chi connectivity index (χ3v) is 12.1. The van der Waals surface area contributed by atoms with Gasteiger partial charge in [-0.05, 0) is 120 Å². The number of nitrogens with one attached hydrogen (secondary N) is 1. The van der Waals surface area contributed by atoms with Crippen LogP contribution in [-0.4, -0.2) is 64.0 Å². The van der Waals surface area contributed by atoms with Crippen molar-refractivity contribution in [3.63, 3.8) is 0 Å². The Labute approximate surface area is 249 Å². The summed E-state index contributed by atoms with van der Waals surface area (Å²) in [6.45, 7) is 10.4. The molecule has 0 aromatic carbocycles. The molecule has 0 spiro atoms. The molecular formula is C33H50N2O7. The summed E-state index contributed by atoms with van der Waals surface area (Å²) in [6.07, 6.45) is 10.6. The number of Topliss-reactive ketones (excluding diaryl/α,β-unsaturated/α-hetero) is 1. The molecule has 42 heavy (non-hydrogen) atoms. The van der Waals surface area contributed by atoms with E-state index in [0.717, 1.165) is 50.7 Å². The summed E-state index contributed by atoms with van der Waals surface area (Å²) in [5, 5.41) is 28.0. The molecule has 4 fully saturated rings. The summed E-state index contributed by atoms with van der Waals surface area (Å²) in [5.41, 5.74) is 0.437. The molecule has 234 valence electrons. The number of hydrogen-bond acceptors (Lipinski definition) is 7. The average Bonchev–Trinajstić information content (AvgIpc) is 3.19. The third kappa shape index (κ3) is 5.56. The number of amides is 1. The van der Waals surface area contributed by atoms with Crippen LogP contribution in [-0.2, 0) is 24.0 Å². The van der Waals surface area contributed by atoms with Crippen molar-refractivity contribution >= 4 is 23.4 Å². The molecule has 5 rings (SSSR count). The van der Waals surface area contributed by atoms with Crippen molar-refractivity contribution in [1.82, 2.24) is 5.32 Å². The maximum atomic E-state index is 12.7. The van der Waals surface area contributed by atoms with E-state index in [0.29, 0.717) is 43.6 Å². The number of carbonyl (C=O) groups is 3. The molecule has 0 bridgehead atoms. The van der Waals surface area contributed by atoms with Crippen LogP contribution in [0.25, 0.3) is 0 Å². The number of aliphatic hydroxyl groups is 1. The van der Waals surface area contributed by atoms with Gasteiger partial charge in [0.05, 0.1) is 17.7 Å². The second kappa shape index (κ2) is 11.3. The Morgan fingerprint density at radius 1 is 1.07 bits per heavy atom. The lowest BCUT2D eigenvalue weighted by molar-refractivity contribution is -0.159. The van der Waals surface area contributed by atoms with Crippen LogP contribution in [0.15, 0.2) is 16.8 Å². The summed E-state index contributed by atoms with van der Waals surface area (Å²) >= 11 is 0. The minimum Gasteiger partial charge on any atom is -0.481 e. The molecule has 1 saturated heterocycles. The van der Waals surface area contributed by atoms with Gasteiger partial charge in [0.1, 0.15) is 5.60 Å². The fourth-order valence-corrected chi connectivity index (χ4v) is 9.81. The minimum absolute atomic E-state index is 0.0224. The molecule has 1 heterocycles. The van der Waals surface area contributed by atoms with Crippen molar-refractivity contribution in [3.8, 4) is 0 Å². The van der Waals surface area contributed by atoms with Crippen LogP contribution in [0.1, 0.15) is 105 Å². The highest BCUT2D eigenvalue weighted by Crippen LogP contribution is 2.67. The fourth-order valence-electron chi connectivity index (χ4n) is 9.81. The monoisotopic (exact) mass is 586 g/mol. The molecule has 0 radical (unpaired) electrons. The first-order valence-corrected chi connectivity index (χ1v) is 16.0. The standard InChI is InChI=1S/C33H50N2O7/c1-20(36)33(40)14-10-26-24-7-6-22-16-23(8-12-31(22,4)25(24)9-13-32(26,33)5)35-42-19-28(37)34-27(17-29(38)39)21-11-15-41-30(2,3)18-21/h16,21,24-27,40H,6-15,17-19H2,1-5H3,(H,34,37)(H,38,39)/t21?,24-,25+,26+,27?,31+,32+,33+/m1/s1. The predicted octanol–water partition coefficient (Wildman–Crippen LogP) is 4.81. The molecule has 9 nitrogen and oxygen atoms in total. The number of aliphatic carboxylic acids is 1. The van der Waals surface area contributed by atoms with Gasteiger partial charge >= 0.3 is 5.97 Å². The van der Waals surface area contributed by atoms with Gasteiger partial charge in [-0.15, -0.1) is 0 Å². The number of rotatable bonds is 8. The molecule has 4 aliphatic carbocycles. The maximum absolute atomic E-state index is 12.7. The zero-order valence-electron chi connectivity index (χ0n) is 26.0. The van der Waals surface area contributed by atoms with Gasteiger partial charge < -0.3 is 25.1 Å². The van der Waals surface area contributed by atoms with Crippen LogP contribution in [0, 0.1) is 34.5 Å². The minimum atomic E-state index is -1.19. The molecule has 3 N–H and O–H groups in total. The second-order valence-corrected chi connectivity index (χ2v) is 14.9. The van der Waals surface area contributed by atoms with Gasteiger partial charge in [0.25, 0.3) is 5.91 Å². The van der Waals surface area contributed by atoms with Crippen LogP contribution < -0.4 is 5.32 Å². The molecule has 2 unspecified atom stereocenters. The lowest BCUT2D eigenvalue weighted by atomic mass is 9.46. The molecule has 5 aliphatic rings. The molecule has 1 aliphatic heterocycles. The lowest BCUT2D eigenvalue weighted by Gasteiger charge is -2.59. The largest absolute Gasteiger partial charge is 0.481 e. The Hall–Kier alpha value is -2.26. The van der Waals surface area contributed by atoms with Crippen LogP contribution in [0.5, 0.6) is 0 Å². The number of nitrogens with zero attached hydrogens (tertiary/aromatic N) is 1. The van der Waals surface area contributed by atoms with Crippen LogP contribution in [0.3, 0.4) is 0 Å². The van der Waals surface area contributed by atoms with Gasteiger partial charge in [-0.25, -0.2) is 0 Å². The summed E-state index contributed by atoms with van der Waals surface area (Å²) in [5.74, 6) is 0.0492. The quantitative estimate of drug-likeness (QED) is 0.348. The average molecular weight is 587 g/mol. The van der Waals surface area contributed by atoms with Crippen molar-refractivity contribution in [2.45, 2.75) is 122 Å². The fraction of sp³-hybridized carbons (Fsp3) is 0.818. The van der Waals surface area contributed by atoms with Crippen molar-refractivity contribution in [2.24, 2.45) is 39.7 Å². The first-order valence-electron chi connectivity index (χ1n) is 16.0. The van der Waals surface area contributed by atoms with Gasteiger partial charge in [0, 0.05) is 18.1 Å². The predicted molar refractivity (Wildman–Crippen MR) is 158 cm³/mol. The number of fused-ring (bicyclic) bond motifs is 5. The summed E-state index contributed by atoms with van der Waals surface area (Å²) in [7, 11) is 0. The van der Waals surface area contributed by atoms with Crippen LogP contribution in [0.2, 0.25) is 0 Å². The van der Waals surface area contributed by atoms with E-state index in [9.17, 15) is 24.6 Å². The number of carbonyl (C=O) groups excluding carboxylic acids is 2. The number of carboxylic acid groups (broad SMARTS) is 1. The lowest BCUT2D eigenvalue weighted by Crippen LogP contribution is -2.57. The van der Waals surface area contributed by atoms with Gasteiger partial charge in [-0.2, -0.15) is 0 Å². The maximum Gasteiger partial charge on any atom is 0.305 e. The van der Waals surface area contributed by atoms with Crippen LogP contribution >= 0.6 is 0 Å². The molecule has 9 heteroatoms. The van der Waals surface area contributed by atoms with Crippen molar-refractivity contribution in [1.29, 1.82) is 0 Å². The van der Waals surface area contributed by atoms with Crippen LogP contribution in [0.4, 0.5) is 0 Å². The van der Waals surface area contributed by atoms with Crippen molar-refractivity contribution in [2.75, 3.05) is 13.2 Å². The van der Waals surface area contributed by atoms with Gasteiger partial charge in [-0.3, -0.25) is 14.4 Å². The molecule has 8 atom stereocenters. The Morgan fingerprint density at radius 2 is 1.81 bits per heavy atom. The van der Waals surface area contributed by atoms with Crippen molar-refractivity contribution in [3.05, 3.63) is 11.6 Å². The van der Waals surface area contributed by atoms with Gasteiger partial charge in [-0.1, -0.05) is 24.6 Å². The second-order valence-electron chi connectivity index (χ2n) is 14.9. The highest BCUT2D eigenvalue weighted by Gasteiger charge is 2.65. The van der Waals surface area contributed by atoms with E-state index in [4.69, 9.17) is 9.57 Å². The summed E-state index contributed by atoms with van der Waals surface area (Å²) < 4.78 is 5.77.